The quantitative estimate of drug-likeness (QED) is 0.617. The zero-order valence-electron chi connectivity index (χ0n) is 18.7. The van der Waals surface area contributed by atoms with Gasteiger partial charge in [-0.25, -0.2) is 4.79 Å². The summed E-state index contributed by atoms with van der Waals surface area (Å²) in [4.78, 5) is 37.3. The average Bonchev–Trinajstić information content (AvgIpc) is 3.24. The van der Waals surface area contributed by atoms with E-state index in [1.165, 1.54) is 50.9 Å². The van der Waals surface area contributed by atoms with E-state index in [2.05, 4.69) is 17.6 Å². The highest BCUT2D eigenvalue weighted by molar-refractivity contribution is 5.94. The highest BCUT2D eigenvalue weighted by Gasteiger charge is 2.53. The van der Waals surface area contributed by atoms with Gasteiger partial charge in [0, 0.05) is 6.04 Å². The lowest BCUT2D eigenvalue weighted by molar-refractivity contribution is -0.152. The molecule has 4 aliphatic carbocycles. The van der Waals surface area contributed by atoms with Crippen molar-refractivity contribution in [2.75, 3.05) is 6.61 Å². The summed E-state index contributed by atoms with van der Waals surface area (Å²) in [5.74, 6) is 0.986. The molecule has 4 bridgehead atoms. The number of ether oxygens (including phenoxy) is 1. The lowest BCUT2D eigenvalue weighted by Crippen LogP contribution is -2.56. The van der Waals surface area contributed by atoms with Crippen molar-refractivity contribution >= 4 is 17.8 Å². The molecular weight excluding hydrogens is 396 g/mol. The molecule has 170 valence electrons. The minimum absolute atomic E-state index is 0.0756. The van der Waals surface area contributed by atoms with Gasteiger partial charge in [-0.2, -0.15) is 0 Å². The molecule has 0 unspecified atom stereocenters. The molecule has 0 saturated heterocycles. The largest absolute Gasteiger partial charge is 0.459 e. The molecule has 4 aliphatic rings. The molecule has 0 aliphatic heterocycles. The zero-order valence-corrected chi connectivity index (χ0v) is 18.7. The van der Waals surface area contributed by atoms with Gasteiger partial charge in [-0.3, -0.25) is 9.59 Å². The molecule has 5 rings (SSSR count). The molecule has 4 fully saturated rings. The summed E-state index contributed by atoms with van der Waals surface area (Å²) >= 11 is 0. The van der Waals surface area contributed by atoms with Crippen LogP contribution < -0.4 is 10.6 Å². The molecule has 2 N–H and O–H groups in total. The normalized spacial score (nSPS) is 30.6. The third-order valence-electron chi connectivity index (χ3n) is 7.68. The highest BCUT2D eigenvalue weighted by Crippen LogP contribution is 2.61. The number of nitrogens with one attached hydrogen (secondary N) is 2. The molecule has 1 aromatic rings. The molecule has 1 aromatic heterocycles. The van der Waals surface area contributed by atoms with Gasteiger partial charge in [0.05, 0.1) is 6.26 Å². The lowest BCUT2D eigenvalue weighted by Gasteiger charge is -2.59. The van der Waals surface area contributed by atoms with Crippen LogP contribution in [0.25, 0.3) is 0 Å². The van der Waals surface area contributed by atoms with Crippen LogP contribution in [0.2, 0.25) is 0 Å². The van der Waals surface area contributed by atoms with E-state index >= 15 is 0 Å². The van der Waals surface area contributed by atoms with E-state index in [0.29, 0.717) is 0 Å². The van der Waals surface area contributed by atoms with Crippen LogP contribution in [-0.4, -0.2) is 36.5 Å². The smallest absolute Gasteiger partial charge is 0.329 e. The molecule has 1 heterocycles. The first kappa shape index (κ1) is 21.9. The number of hydrogen-bond acceptors (Lipinski definition) is 5. The van der Waals surface area contributed by atoms with Crippen LogP contribution in [0.3, 0.4) is 0 Å². The summed E-state index contributed by atoms with van der Waals surface area (Å²) in [6.45, 7) is 5.38. The number of carbonyl (C=O) groups is 3. The van der Waals surface area contributed by atoms with E-state index in [1.54, 1.807) is 6.07 Å². The topological polar surface area (TPSA) is 97.6 Å². The highest BCUT2D eigenvalue weighted by atomic mass is 16.5. The van der Waals surface area contributed by atoms with Gasteiger partial charge in [-0.1, -0.05) is 13.8 Å². The van der Waals surface area contributed by atoms with Gasteiger partial charge >= 0.3 is 5.97 Å². The van der Waals surface area contributed by atoms with Crippen LogP contribution in [0, 0.1) is 29.1 Å². The third-order valence-corrected chi connectivity index (χ3v) is 7.68. The molecule has 4 saturated carbocycles. The van der Waals surface area contributed by atoms with Gasteiger partial charge in [0.25, 0.3) is 11.8 Å². The Balaban J connectivity index is 1.28. The second-order valence-electron chi connectivity index (χ2n) is 10.3. The van der Waals surface area contributed by atoms with Crippen molar-refractivity contribution in [1.29, 1.82) is 0 Å². The number of amides is 2. The summed E-state index contributed by atoms with van der Waals surface area (Å²) in [5, 5.41) is 5.74. The Kier molecular flexibility index (Phi) is 6.13. The minimum atomic E-state index is -0.856. The fraction of sp³-hybridized carbons (Fsp3) is 0.708. The molecule has 7 nitrogen and oxygen atoms in total. The first-order valence-corrected chi connectivity index (χ1v) is 11.6. The maximum atomic E-state index is 12.6. The summed E-state index contributed by atoms with van der Waals surface area (Å²) < 4.78 is 10.3. The Bertz CT molecular complexity index is 781. The van der Waals surface area contributed by atoms with Crippen molar-refractivity contribution in [3.63, 3.8) is 0 Å². The van der Waals surface area contributed by atoms with E-state index in [0.717, 1.165) is 17.8 Å². The van der Waals surface area contributed by atoms with Crippen LogP contribution in [0.4, 0.5) is 0 Å². The molecule has 31 heavy (non-hydrogen) atoms. The van der Waals surface area contributed by atoms with E-state index in [1.807, 2.05) is 13.8 Å². The second kappa shape index (κ2) is 8.67. The Morgan fingerprint density at radius 1 is 1.06 bits per heavy atom. The molecule has 7 heteroatoms. The van der Waals surface area contributed by atoms with E-state index in [-0.39, 0.29) is 35.6 Å². The average molecular weight is 431 g/mol. The van der Waals surface area contributed by atoms with Crippen LogP contribution in [-0.2, 0) is 14.3 Å². The fourth-order valence-electron chi connectivity index (χ4n) is 6.49. The van der Waals surface area contributed by atoms with Gasteiger partial charge in [-0.15, -0.1) is 0 Å². The van der Waals surface area contributed by atoms with Gasteiger partial charge in [0.15, 0.2) is 12.4 Å². The van der Waals surface area contributed by atoms with Crippen molar-refractivity contribution in [2.45, 2.75) is 71.4 Å². The SMILES string of the molecule is CC(C)[C@H](NC(=O)c1ccco1)C(=O)OCC(=O)N[C@H](C)C12CC3CC(CC(C3)C1)C2. The maximum Gasteiger partial charge on any atom is 0.329 e. The van der Waals surface area contributed by atoms with E-state index in [4.69, 9.17) is 9.15 Å². The number of carbonyl (C=O) groups excluding carboxylic acids is 3. The van der Waals surface area contributed by atoms with Crippen molar-refractivity contribution in [1.82, 2.24) is 10.6 Å². The van der Waals surface area contributed by atoms with E-state index < -0.39 is 17.9 Å². The first-order valence-electron chi connectivity index (χ1n) is 11.6. The number of rotatable bonds is 8. The number of esters is 1. The Morgan fingerprint density at radius 3 is 2.19 bits per heavy atom. The fourth-order valence-corrected chi connectivity index (χ4v) is 6.49. The van der Waals surface area contributed by atoms with Crippen molar-refractivity contribution < 1.29 is 23.5 Å². The second-order valence-corrected chi connectivity index (χ2v) is 10.3. The van der Waals surface area contributed by atoms with Gasteiger partial charge < -0.3 is 19.8 Å². The summed E-state index contributed by atoms with van der Waals surface area (Å²) in [5.41, 5.74) is 0.200. The van der Waals surface area contributed by atoms with Crippen molar-refractivity contribution in [3.05, 3.63) is 24.2 Å². The van der Waals surface area contributed by atoms with Crippen LogP contribution in [0.15, 0.2) is 22.8 Å². The maximum absolute atomic E-state index is 12.6. The summed E-state index contributed by atoms with van der Waals surface area (Å²) in [6, 6.07) is 2.35. The zero-order chi connectivity index (χ0) is 22.2. The standard InChI is InChI=1S/C24H34N2O5/c1-14(2)21(26-22(28)19-5-4-6-30-19)23(29)31-13-20(27)25-15(3)24-10-16-7-17(11-24)9-18(8-16)12-24/h4-6,14-18,21H,7-13H2,1-3H3,(H,25,27)(H,26,28)/t15-,16?,17?,18?,21+,24?/m1/s1. The van der Waals surface area contributed by atoms with Crippen LogP contribution in [0.1, 0.15) is 69.9 Å². The van der Waals surface area contributed by atoms with Crippen LogP contribution in [0.5, 0.6) is 0 Å². The lowest BCUT2D eigenvalue weighted by atomic mass is 9.48. The molecule has 0 spiro atoms. The minimum Gasteiger partial charge on any atom is -0.459 e. The predicted molar refractivity (Wildman–Crippen MR) is 114 cm³/mol. The molecule has 2 atom stereocenters. The number of furan rings is 1. The molecule has 0 radical (unpaired) electrons. The predicted octanol–water partition coefficient (Wildman–Crippen LogP) is 3.30. The molecular formula is C24H34N2O5. The number of hydrogen-bond donors (Lipinski definition) is 2. The first-order chi connectivity index (χ1) is 14.8. The Morgan fingerprint density at radius 2 is 1.68 bits per heavy atom. The van der Waals surface area contributed by atoms with Crippen molar-refractivity contribution in [3.8, 4) is 0 Å². The van der Waals surface area contributed by atoms with Gasteiger partial charge in [0.1, 0.15) is 6.04 Å². The summed E-state index contributed by atoms with van der Waals surface area (Å²) in [7, 11) is 0. The van der Waals surface area contributed by atoms with Gasteiger partial charge in [0.2, 0.25) is 0 Å². The third kappa shape index (κ3) is 4.65. The van der Waals surface area contributed by atoms with Gasteiger partial charge in [-0.05, 0) is 86.7 Å². The monoisotopic (exact) mass is 430 g/mol. The molecule has 0 aromatic carbocycles. The molecule has 2 amide bonds. The summed E-state index contributed by atoms with van der Waals surface area (Å²) in [6.07, 6.45) is 9.08. The van der Waals surface area contributed by atoms with Crippen molar-refractivity contribution in [2.24, 2.45) is 29.1 Å². The Labute approximate surface area is 183 Å². The van der Waals surface area contributed by atoms with E-state index in [9.17, 15) is 14.4 Å². The Hall–Kier alpha value is -2.31. The van der Waals surface area contributed by atoms with Crippen LogP contribution >= 0.6 is 0 Å².